The molecule has 1 aromatic rings. The fraction of sp³-hybridized carbons (Fsp3) is 0.538. The Hall–Kier alpha value is -0.870. The highest BCUT2D eigenvalue weighted by Crippen LogP contribution is 2.12. The second-order valence-corrected chi connectivity index (χ2v) is 5.44. The monoisotopic (exact) mass is 255 g/mol. The zero-order chi connectivity index (χ0) is 12.5. The summed E-state index contributed by atoms with van der Waals surface area (Å²) in [4.78, 5) is 0. The van der Waals surface area contributed by atoms with Crippen molar-refractivity contribution < 1.29 is 8.95 Å². The largest absolute Gasteiger partial charge is 0.494 e. The van der Waals surface area contributed by atoms with Crippen molar-refractivity contribution in [2.75, 3.05) is 25.2 Å². The molecule has 0 bridgehead atoms. The van der Waals surface area contributed by atoms with E-state index in [9.17, 15) is 4.21 Å². The van der Waals surface area contributed by atoms with Crippen molar-refractivity contribution in [3.63, 3.8) is 0 Å². The van der Waals surface area contributed by atoms with Crippen LogP contribution in [0.15, 0.2) is 24.3 Å². The van der Waals surface area contributed by atoms with Gasteiger partial charge >= 0.3 is 0 Å². The lowest BCUT2D eigenvalue weighted by molar-refractivity contribution is 0.340. The first-order valence-electron chi connectivity index (χ1n) is 5.95. The van der Waals surface area contributed by atoms with Crippen molar-refractivity contribution in [2.24, 2.45) is 0 Å². The van der Waals surface area contributed by atoms with E-state index >= 15 is 0 Å². The number of rotatable bonds is 8. The summed E-state index contributed by atoms with van der Waals surface area (Å²) in [5.74, 6) is 1.69. The summed E-state index contributed by atoms with van der Waals surface area (Å²) in [7, 11) is -0.680. The maximum Gasteiger partial charge on any atom is 0.119 e. The molecule has 0 radical (unpaired) electrons. The van der Waals surface area contributed by atoms with Crippen LogP contribution in [-0.4, -0.2) is 29.4 Å². The highest BCUT2D eigenvalue weighted by atomic mass is 32.2. The lowest BCUT2D eigenvalue weighted by Crippen LogP contribution is -2.16. The van der Waals surface area contributed by atoms with Gasteiger partial charge in [-0.1, -0.05) is 12.1 Å². The minimum atomic E-state index is -0.680. The van der Waals surface area contributed by atoms with Crippen LogP contribution in [0.2, 0.25) is 0 Å². The van der Waals surface area contributed by atoms with Crippen LogP contribution in [0.5, 0.6) is 5.75 Å². The van der Waals surface area contributed by atoms with Gasteiger partial charge in [0.25, 0.3) is 0 Å². The fourth-order valence-electron chi connectivity index (χ4n) is 1.55. The van der Waals surface area contributed by atoms with Crippen molar-refractivity contribution in [3.8, 4) is 5.75 Å². The number of ether oxygens (including phenoxy) is 1. The van der Waals surface area contributed by atoms with Crippen molar-refractivity contribution in [1.29, 1.82) is 0 Å². The molecule has 1 rings (SSSR count). The topological polar surface area (TPSA) is 38.3 Å². The molecule has 96 valence electrons. The summed E-state index contributed by atoms with van der Waals surface area (Å²) >= 11 is 0. The first-order valence-corrected chi connectivity index (χ1v) is 7.67. The molecule has 0 aliphatic carbocycles. The number of hydrogen-bond donors (Lipinski definition) is 1. The smallest absolute Gasteiger partial charge is 0.119 e. The summed E-state index contributed by atoms with van der Waals surface area (Å²) in [5, 5.41) is 3.34. The fourth-order valence-corrected chi connectivity index (χ4v) is 2.10. The van der Waals surface area contributed by atoms with Gasteiger partial charge in [0.2, 0.25) is 0 Å². The molecular weight excluding hydrogens is 234 g/mol. The van der Waals surface area contributed by atoms with Crippen LogP contribution in [0.1, 0.15) is 18.9 Å². The van der Waals surface area contributed by atoms with E-state index in [-0.39, 0.29) is 0 Å². The van der Waals surface area contributed by atoms with Crippen molar-refractivity contribution in [3.05, 3.63) is 29.8 Å². The predicted octanol–water partition coefficient (Wildman–Crippen LogP) is 1.94. The first kappa shape index (κ1) is 14.2. The predicted molar refractivity (Wildman–Crippen MR) is 72.9 cm³/mol. The van der Waals surface area contributed by atoms with Crippen molar-refractivity contribution in [2.45, 2.75) is 19.9 Å². The third-order valence-corrected chi connectivity index (χ3v) is 3.19. The van der Waals surface area contributed by atoms with Gasteiger partial charge in [0, 0.05) is 29.4 Å². The van der Waals surface area contributed by atoms with Crippen LogP contribution in [-0.2, 0) is 17.3 Å². The average molecular weight is 255 g/mol. The average Bonchev–Trinajstić information content (AvgIpc) is 2.29. The zero-order valence-corrected chi connectivity index (χ0v) is 11.4. The normalized spacial score (nSPS) is 12.4. The second kappa shape index (κ2) is 8.25. The molecule has 0 spiro atoms. The van der Waals surface area contributed by atoms with E-state index in [0.717, 1.165) is 31.0 Å². The van der Waals surface area contributed by atoms with E-state index in [0.29, 0.717) is 6.61 Å². The van der Waals surface area contributed by atoms with Crippen LogP contribution in [0.25, 0.3) is 0 Å². The van der Waals surface area contributed by atoms with Gasteiger partial charge in [0.05, 0.1) is 6.61 Å². The van der Waals surface area contributed by atoms with Crippen LogP contribution in [0, 0.1) is 0 Å². The Labute approximate surface area is 106 Å². The summed E-state index contributed by atoms with van der Waals surface area (Å²) in [6.45, 7) is 4.41. The van der Waals surface area contributed by atoms with E-state index < -0.39 is 10.8 Å². The third-order valence-electron chi connectivity index (χ3n) is 2.32. The molecule has 1 unspecified atom stereocenters. The maximum atomic E-state index is 10.9. The molecule has 0 aliphatic heterocycles. The number of nitrogens with one attached hydrogen (secondary N) is 1. The van der Waals surface area contributed by atoms with Crippen molar-refractivity contribution >= 4 is 10.8 Å². The number of hydrogen-bond acceptors (Lipinski definition) is 3. The molecule has 0 heterocycles. The Morgan fingerprint density at radius 3 is 2.94 bits per heavy atom. The third kappa shape index (κ3) is 6.44. The lowest BCUT2D eigenvalue weighted by atomic mass is 10.2. The van der Waals surface area contributed by atoms with E-state index in [2.05, 4.69) is 17.4 Å². The van der Waals surface area contributed by atoms with Crippen LogP contribution >= 0.6 is 0 Å². The van der Waals surface area contributed by atoms with Gasteiger partial charge in [-0.2, -0.15) is 0 Å². The SMILES string of the molecule is CCOc1cccc(CNCCCS(C)=O)c1. The molecule has 0 fully saturated rings. The Morgan fingerprint density at radius 2 is 2.24 bits per heavy atom. The summed E-state index contributed by atoms with van der Waals surface area (Å²) in [6.07, 6.45) is 2.69. The van der Waals surface area contributed by atoms with Gasteiger partial charge in [-0.25, -0.2) is 0 Å². The minimum Gasteiger partial charge on any atom is -0.494 e. The van der Waals surface area contributed by atoms with Crippen LogP contribution in [0.3, 0.4) is 0 Å². The summed E-state index contributed by atoms with van der Waals surface area (Å²) in [5.41, 5.74) is 1.22. The zero-order valence-electron chi connectivity index (χ0n) is 10.6. The molecule has 0 aromatic heterocycles. The lowest BCUT2D eigenvalue weighted by Gasteiger charge is -2.07. The number of benzene rings is 1. The van der Waals surface area contributed by atoms with E-state index in [1.54, 1.807) is 6.26 Å². The standard InChI is InChI=1S/C13H21NO2S/c1-3-16-13-7-4-6-12(10-13)11-14-8-5-9-17(2)15/h4,6-7,10,14H,3,5,8-9,11H2,1-2H3. The molecule has 1 N–H and O–H groups in total. The van der Waals surface area contributed by atoms with Gasteiger partial charge in [0.1, 0.15) is 5.75 Å². The Morgan fingerprint density at radius 1 is 1.41 bits per heavy atom. The molecule has 0 amide bonds. The summed E-state index contributed by atoms with van der Waals surface area (Å²) in [6, 6.07) is 8.10. The minimum absolute atomic E-state index is 0.680. The molecule has 1 atom stereocenters. The van der Waals surface area contributed by atoms with E-state index in [1.807, 2.05) is 19.1 Å². The van der Waals surface area contributed by atoms with Crippen molar-refractivity contribution in [1.82, 2.24) is 5.32 Å². The van der Waals surface area contributed by atoms with Gasteiger partial charge in [0.15, 0.2) is 0 Å². The molecule has 0 saturated carbocycles. The van der Waals surface area contributed by atoms with Gasteiger partial charge < -0.3 is 10.1 Å². The quantitative estimate of drug-likeness (QED) is 0.722. The Balaban J connectivity index is 2.26. The Kier molecular flexibility index (Phi) is 6.89. The molecular formula is C13H21NO2S. The molecule has 0 saturated heterocycles. The van der Waals surface area contributed by atoms with E-state index in [4.69, 9.17) is 4.74 Å². The second-order valence-electron chi connectivity index (χ2n) is 3.89. The highest BCUT2D eigenvalue weighted by Gasteiger charge is 1.96. The van der Waals surface area contributed by atoms with Gasteiger partial charge in [-0.05, 0) is 37.6 Å². The molecule has 0 aliphatic rings. The van der Waals surface area contributed by atoms with Crippen LogP contribution < -0.4 is 10.1 Å². The first-order chi connectivity index (χ1) is 8.22. The van der Waals surface area contributed by atoms with Gasteiger partial charge in [-0.15, -0.1) is 0 Å². The maximum absolute atomic E-state index is 10.9. The molecule has 1 aromatic carbocycles. The molecule has 17 heavy (non-hydrogen) atoms. The molecule has 4 heteroatoms. The molecule has 3 nitrogen and oxygen atoms in total. The van der Waals surface area contributed by atoms with Gasteiger partial charge in [-0.3, -0.25) is 4.21 Å². The Bertz CT molecular complexity index is 355. The van der Waals surface area contributed by atoms with Crippen LogP contribution in [0.4, 0.5) is 0 Å². The van der Waals surface area contributed by atoms with E-state index in [1.165, 1.54) is 5.56 Å². The summed E-state index contributed by atoms with van der Waals surface area (Å²) < 4.78 is 16.3. The highest BCUT2D eigenvalue weighted by molar-refractivity contribution is 7.84.